The van der Waals surface area contributed by atoms with E-state index in [2.05, 4.69) is 24.9 Å². The first-order valence-electron chi connectivity index (χ1n) is 18.2. The molecule has 10 N–H and O–H groups in total. The van der Waals surface area contributed by atoms with E-state index in [1.165, 1.54) is 18.2 Å². The van der Waals surface area contributed by atoms with Crippen LogP contribution < -0.4 is 0 Å². The van der Waals surface area contributed by atoms with Gasteiger partial charge in [-0.05, 0) is 77.3 Å². The van der Waals surface area contributed by atoms with Crippen molar-refractivity contribution in [2.45, 2.75) is 77.0 Å². The van der Waals surface area contributed by atoms with Gasteiger partial charge in [-0.2, -0.15) is 0 Å². The minimum Gasteiger partial charge on any atom is -0.481 e. The maximum atomic E-state index is 12.3. The number of carboxylic acid groups (broad SMARTS) is 8. The van der Waals surface area contributed by atoms with Crippen LogP contribution >= 0.6 is 0 Å². The molecule has 60 heavy (non-hydrogen) atoms. The van der Waals surface area contributed by atoms with E-state index in [0.29, 0.717) is 0 Å². The Kier molecular flexibility index (Phi) is 13.2. The molecule has 0 amide bonds. The van der Waals surface area contributed by atoms with E-state index in [9.17, 15) is 79.2 Å². The largest absolute Gasteiger partial charge is 0.481 e. The predicted octanol–water partition coefficient (Wildman–Crippen LogP) is 3.50. The first kappa shape index (κ1) is 43.4. The predicted molar refractivity (Wildman–Crippen MR) is 205 cm³/mol. The lowest BCUT2D eigenvalue weighted by molar-refractivity contribution is -0.138. The maximum absolute atomic E-state index is 12.3. The number of carbonyl (C=O) groups is 8. The van der Waals surface area contributed by atoms with E-state index in [-0.39, 0.29) is 115 Å². The lowest BCUT2D eigenvalue weighted by Gasteiger charge is -2.06. The van der Waals surface area contributed by atoms with E-state index in [1.54, 1.807) is 0 Å². The van der Waals surface area contributed by atoms with Crippen LogP contribution in [0.1, 0.15) is 96.5 Å². The Labute approximate surface area is 336 Å². The number of aryl methyl sites for hydroxylation is 2. The number of nitrogens with one attached hydrogen (secondary N) is 2. The van der Waals surface area contributed by atoms with Gasteiger partial charge in [-0.3, -0.25) is 38.4 Å². The van der Waals surface area contributed by atoms with Crippen LogP contribution in [-0.4, -0.2) is 114 Å². The van der Waals surface area contributed by atoms with Crippen molar-refractivity contribution in [1.82, 2.24) is 24.9 Å². The Morgan fingerprint density at radius 3 is 1.27 bits per heavy atom. The molecule has 314 valence electrons. The van der Waals surface area contributed by atoms with Gasteiger partial charge in [0.1, 0.15) is 5.65 Å². The summed E-state index contributed by atoms with van der Waals surface area (Å²) in [7, 11) is 0. The summed E-state index contributed by atoms with van der Waals surface area (Å²) in [5.74, 6) is -10.8. The molecule has 0 fully saturated rings. The van der Waals surface area contributed by atoms with Gasteiger partial charge in [-0.25, -0.2) is 15.0 Å². The summed E-state index contributed by atoms with van der Waals surface area (Å²) in [6, 6.07) is 3.96. The second-order valence-electron chi connectivity index (χ2n) is 13.8. The zero-order valence-electron chi connectivity index (χ0n) is 31.4. The summed E-state index contributed by atoms with van der Waals surface area (Å²) in [5, 5.41) is 78.5. The molecule has 3 aromatic heterocycles. The van der Waals surface area contributed by atoms with E-state index in [0.717, 1.165) is 0 Å². The number of aliphatic carboxylic acids is 8. The minimum atomic E-state index is -1.38. The standard InChI is InChI=1S/C39H37N5O16/c45-30(46)5-1-16-20(9-34(53)54)27-14-26-18(3-7-32(49)50)23(12-37(59)60)39(42-26)44-38-19(4-8-33(51)52)22(11-36(57)58)29(43-38)15-28-21(10-35(55)56)17(2-6-31(47)48)25(41-28)13-24(16)40-27/h13-15,40H,1-12H2,(H,45,46)(H,47,48)(H,49,50)(H,51,52)(H,53,54)(H,55,56)(H,57,58)(H,59,60)(H,42,43,44). The highest BCUT2D eigenvalue weighted by Crippen LogP contribution is 2.39. The smallest absolute Gasteiger partial charge is 0.307 e. The molecule has 0 saturated heterocycles. The molecule has 21 heteroatoms. The fourth-order valence-electron chi connectivity index (χ4n) is 7.18. The molecule has 5 heterocycles. The second kappa shape index (κ2) is 18.3. The molecular weight excluding hydrogens is 794 g/mol. The zero-order chi connectivity index (χ0) is 44.0. The molecule has 8 bridgehead atoms. The van der Waals surface area contributed by atoms with Crippen molar-refractivity contribution < 1.29 is 79.2 Å². The van der Waals surface area contributed by atoms with E-state index in [4.69, 9.17) is 0 Å². The highest BCUT2D eigenvalue weighted by molar-refractivity contribution is 6.01. The molecule has 0 saturated carbocycles. The lowest BCUT2D eigenvalue weighted by Crippen LogP contribution is -2.05. The highest BCUT2D eigenvalue weighted by Gasteiger charge is 2.28. The van der Waals surface area contributed by atoms with E-state index >= 15 is 0 Å². The molecule has 21 nitrogen and oxygen atoms in total. The van der Waals surface area contributed by atoms with Crippen LogP contribution in [-0.2, 0) is 64.0 Å². The van der Waals surface area contributed by atoms with Crippen LogP contribution in [0.4, 0.5) is 0 Å². The number of carboxylic acids is 8. The van der Waals surface area contributed by atoms with Crippen molar-refractivity contribution in [2.24, 2.45) is 0 Å². The van der Waals surface area contributed by atoms with Gasteiger partial charge in [0, 0.05) is 53.4 Å². The van der Waals surface area contributed by atoms with Crippen molar-refractivity contribution in [2.75, 3.05) is 0 Å². The number of aromatic amines is 2. The Balaban J connectivity index is 2.09. The summed E-state index contributed by atoms with van der Waals surface area (Å²) < 4.78 is 0. The Hall–Kier alpha value is -7.71. The minimum absolute atomic E-state index is 0.000733. The van der Waals surface area contributed by atoms with Crippen LogP contribution in [0.2, 0.25) is 0 Å². The van der Waals surface area contributed by atoms with Crippen LogP contribution in [0.25, 0.3) is 44.5 Å². The third-order valence-electron chi connectivity index (χ3n) is 9.63. The normalized spacial score (nSPS) is 12.4. The van der Waals surface area contributed by atoms with Gasteiger partial charge in [0.15, 0.2) is 5.82 Å². The summed E-state index contributed by atoms with van der Waals surface area (Å²) in [6.45, 7) is 0. The fraction of sp³-hybridized carbons (Fsp3) is 0.308. The number of allylic oxidation sites excluding steroid dienone is 2. The zero-order valence-corrected chi connectivity index (χ0v) is 31.4. The number of H-pyrrole nitrogens is 2. The first-order chi connectivity index (χ1) is 28.3. The van der Waals surface area contributed by atoms with Gasteiger partial charge in [0.25, 0.3) is 0 Å². The molecule has 2 aliphatic rings. The number of rotatable bonds is 20. The molecule has 2 aliphatic heterocycles. The molecule has 3 aromatic rings. The maximum Gasteiger partial charge on any atom is 0.307 e. The number of nitrogens with zero attached hydrogens (tertiary/aromatic N) is 3. The molecule has 0 aliphatic carbocycles. The van der Waals surface area contributed by atoms with Crippen LogP contribution in [0, 0.1) is 0 Å². The van der Waals surface area contributed by atoms with Crippen molar-refractivity contribution in [3.05, 3.63) is 63.4 Å². The number of hydrogen-bond acceptors (Lipinski definition) is 11. The molecule has 5 rings (SSSR count). The van der Waals surface area contributed by atoms with Crippen LogP contribution in [0.3, 0.4) is 0 Å². The fourth-order valence-corrected chi connectivity index (χ4v) is 7.18. The molecular formula is C39H37N5O16. The van der Waals surface area contributed by atoms with Gasteiger partial charge < -0.3 is 50.8 Å². The number of hydrogen-bond donors (Lipinski definition) is 10. The SMILES string of the molecule is O=C(O)CCC1=C(CC(=O)O)c2cc3[nH]c(nc4nc(cc5[nH]c(cc1n2)c(CCC(=O)O)c5CC(=O)O)C(CCC(=O)O)=C4CC(=O)O)c(CCC(=O)O)c3CC(=O)O. The average Bonchev–Trinajstić information content (AvgIpc) is 3.81. The summed E-state index contributed by atoms with van der Waals surface area (Å²) in [5.41, 5.74) is 0.255. The Bertz CT molecular complexity index is 2600. The molecule has 0 radical (unpaired) electrons. The quantitative estimate of drug-likeness (QED) is 0.0778. The summed E-state index contributed by atoms with van der Waals surface area (Å²) in [6.07, 6.45) is -6.08. The Morgan fingerprint density at radius 2 is 0.767 bits per heavy atom. The Morgan fingerprint density at radius 1 is 0.383 bits per heavy atom. The van der Waals surface area contributed by atoms with Crippen molar-refractivity contribution >= 4 is 92.2 Å². The van der Waals surface area contributed by atoms with Gasteiger partial charge >= 0.3 is 47.8 Å². The van der Waals surface area contributed by atoms with E-state index < -0.39 is 99.1 Å². The first-order valence-corrected chi connectivity index (χ1v) is 18.2. The van der Waals surface area contributed by atoms with Crippen LogP contribution in [0.5, 0.6) is 0 Å². The molecule has 0 spiro atoms. The van der Waals surface area contributed by atoms with Crippen LogP contribution in [0.15, 0.2) is 18.2 Å². The number of aromatic nitrogens is 5. The number of fused-ring (bicyclic) bond motifs is 8. The van der Waals surface area contributed by atoms with Gasteiger partial charge in [0.05, 0.1) is 42.8 Å². The molecule has 0 aromatic carbocycles. The monoisotopic (exact) mass is 831 g/mol. The van der Waals surface area contributed by atoms with Gasteiger partial charge in [-0.15, -0.1) is 0 Å². The third kappa shape index (κ3) is 10.4. The van der Waals surface area contributed by atoms with Crippen molar-refractivity contribution in [3.8, 4) is 0 Å². The lowest BCUT2D eigenvalue weighted by atomic mass is 9.96. The molecule has 0 atom stereocenters. The van der Waals surface area contributed by atoms with Gasteiger partial charge in [-0.1, -0.05) is 0 Å². The van der Waals surface area contributed by atoms with Gasteiger partial charge in [0.2, 0.25) is 0 Å². The second-order valence-corrected chi connectivity index (χ2v) is 13.8. The average molecular weight is 832 g/mol. The molecule has 0 unspecified atom stereocenters. The summed E-state index contributed by atoms with van der Waals surface area (Å²) in [4.78, 5) is 116. The third-order valence-corrected chi connectivity index (χ3v) is 9.63. The highest BCUT2D eigenvalue weighted by atomic mass is 16.4. The topological polar surface area (TPSA) is 369 Å². The van der Waals surface area contributed by atoms with Crippen molar-refractivity contribution in [1.29, 1.82) is 0 Å². The van der Waals surface area contributed by atoms with E-state index in [1.807, 2.05) is 0 Å². The van der Waals surface area contributed by atoms with Crippen molar-refractivity contribution in [3.63, 3.8) is 0 Å². The summed E-state index contributed by atoms with van der Waals surface area (Å²) >= 11 is 0.